The Bertz CT molecular complexity index is 1220. The van der Waals surface area contributed by atoms with Gasteiger partial charge in [0.1, 0.15) is 17.2 Å². The van der Waals surface area contributed by atoms with Crippen molar-refractivity contribution in [3.8, 4) is 11.4 Å². The fraction of sp³-hybridized carbons (Fsp3) is 0. The van der Waals surface area contributed by atoms with Gasteiger partial charge in [0, 0.05) is 16.8 Å². The molecule has 0 bridgehead atoms. The van der Waals surface area contributed by atoms with Crippen molar-refractivity contribution in [1.29, 1.82) is 0 Å². The van der Waals surface area contributed by atoms with Crippen LogP contribution in [0.4, 0.5) is 9.52 Å². The number of aromatic amines is 1. The van der Waals surface area contributed by atoms with Crippen LogP contribution in [0.1, 0.15) is 10.4 Å². The van der Waals surface area contributed by atoms with E-state index in [1.54, 1.807) is 24.3 Å². The fourth-order valence-electron chi connectivity index (χ4n) is 2.43. The lowest BCUT2D eigenvalue weighted by Crippen LogP contribution is -2.24. The van der Waals surface area contributed by atoms with Gasteiger partial charge in [0.2, 0.25) is 0 Å². The third kappa shape index (κ3) is 3.57. The summed E-state index contributed by atoms with van der Waals surface area (Å²) in [6.45, 7) is 0. The normalized spacial score (nSPS) is 10.9. The average molecular weight is 401 g/mol. The van der Waals surface area contributed by atoms with Crippen LogP contribution in [0.2, 0.25) is 5.02 Å². The molecule has 2 aromatic heterocycles. The second-order valence-electron chi connectivity index (χ2n) is 5.57. The molecule has 27 heavy (non-hydrogen) atoms. The molecule has 0 spiro atoms. The number of H-pyrrole nitrogens is 1. The van der Waals surface area contributed by atoms with Gasteiger partial charge in [-0.25, -0.2) is 14.4 Å². The summed E-state index contributed by atoms with van der Waals surface area (Å²) in [5.41, 5.74) is 0.483. The number of hydrogen-bond acceptors (Lipinski definition) is 5. The van der Waals surface area contributed by atoms with E-state index in [2.05, 4.69) is 20.3 Å². The maximum Gasteiger partial charge on any atom is 0.264 e. The Hall–Kier alpha value is -3.10. The summed E-state index contributed by atoms with van der Waals surface area (Å²) >= 11 is 6.95. The molecule has 0 aliphatic carbocycles. The number of nitrogens with zero attached hydrogens (tertiary/aromatic N) is 2. The van der Waals surface area contributed by atoms with Crippen LogP contribution in [-0.2, 0) is 0 Å². The van der Waals surface area contributed by atoms with Crippen LogP contribution in [0, 0.1) is 5.82 Å². The molecule has 4 rings (SSSR count). The van der Waals surface area contributed by atoms with Crippen LogP contribution in [-0.4, -0.2) is 20.9 Å². The van der Waals surface area contributed by atoms with E-state index < -0.39 is 11.5 Å². The van der Waals surface area contributed by atoms with Crippen molar-refractivity contribution < 1.29 is 9.18 Å². The number of carbonyl (C=O) groups excluding carboxylic acids is 1. The summed E-state index contributed by atoms with van der Waals surface area (Å²) < 4.78 is 13.8. The highest BCUT2D eigenvalue weighted by Gasteiger charge is 2.15. The van der Waals surface area contributed by atoms with Crippen molar-refractivity contribution in [3.05, 3.63) is 75.4 Å². The van der Waals surface area contributed by atoms with Gasteiger partial charge in [0.05, 0.1) is 10.2 Å². The Morgan fingerprint density at radius 3 is 2.70 bits per heavy atom. The minimum Gasteiger partial charge on any atom is -0.306 e. The van der Waals surface area contributed by atoms with Gasteiger partial charge in [0.25, 0.3) is 11.5 Å². The lowest BCUT2D eigenvalue weighted by atomic mass is 10.2. The molecule has 9 heteroatoms. The maximum absolute atomic E-state index is 13.3. The van der Waals surface area contributed by atoms with Gasteiger partial charge in [-0.2, -0.15) is 0 Å². The average Bonchev–Trinajstić information content (AvgIpc) is 3.03. The first-order valence-corrected chi connectivity index (χ1v) is 8.92. The number of carbonyl (C=O) groups is 1. The van der Waals surface area contributed by atoms with Gasteiger partial charge in [-0.05, 0) is 42.5 Å². The Morgan fingerprint density at radius 2 is 1.96 bits per heavy atom. The smallest absolute Gasteiger partial charge is 0.264 e. The molecule has 0 saturated carbocycles. The number of nitrogens with one attached hydrogen (secondary N) is 2. The van der Waals surface area contributed by atoms with Gasteiger partial charge in [-0.3, -0.25) is 14.9 Å². The number of rotatable bonds is 3. The van der Waals surface area contributed by atoms with Crippen LogP contribution in [0.15, 0.2) is 53.5 Å². The van der Waals surface area contributed by atoms with E-state index in [9.17, 15) is 14.0 Å². The zero-order valence-electron chi connectivity index (χ0n) is 13.5. The Kier molecular flexibility index (Phi) is 4.43. The molecule has 0 aliphatic heterocycles. The third-order valence-electron chi connectivity index (χ3n) is 3.73. The molecular formula is C18H10ClFN4O2S. The van der Waals surface area contributed by atoms with E-state index in [1.165, 1.54) is 24.4 Å². The Balaban J connectivity index is 1.59. The molecule has 2 aromatic carbocycles. The van der Waals surface area contributed by atoms with Crippen molar-refractivity contribution in [2.75, 3.05) is 5.32 Å². The van der Waals surface area contributed by atoms with Crippen molar-refractivity contribution in [1.82, 2.24) is 15.0 Å². The van der Waals surface area contributed by atoms with Gasteiger partial charge >= 0.3 is 0 Å². The number of halogens is 2. The number of hydrogen-bond donors (Lipinski definition) is 2. The molecule has 0 radical (unpaired) electrons. The van der Waals surface area contributed by atoms with E-state index >= 15 is 0 Å². The van der Waals surface area contributed by atoms with E-state index in [1.807, 2.05) is 0 Å². The van der Waals surface area contributed by atoms with Crippen LogP contribution >= 0.6 is 22.9 Å². The highest BCUT2D eigenvalue weighted by atomic mass is 35.5. The molecule has 6 nitrogen and oxygen atoms in total. The Morgan fingerprint density at radius 1 is 1.19 bits per heavy atom. The maximum atomic E-state index is 13.3. The third-order valence-corrected chi connectivity index (χ3v) is 4.92. The van der Waals surface area contributed by atoms with Crippen molar-refractivity contribution in [2.24, 2.45) is 0 Å². The predicted octanol–water partition coefficient (Wildman–Crippen LogP) is 4.09. The standard InChI is InChI=1S/C18H10ClFN4O2S/c19-10-3-1-9(2-4-10)15-21-8-12(16(25)23-15)17(26)24-18-22-13-6-5-11(20)7-14(13)27-18/h1-8H,(H,21,23,25)(H,22,24,26). The summed E-state index contributed by atoms with van der Waals surface area (Å²) in [6, 6.07) is 10.9. The van der Waals surface area contributed by atoms with Crippen molar-refractivity contribution in [2.45, 2.75) is 0 Å². The second kappa shape index (κ2) is 6.90. The quantitative estimate of drug-likeness (QED) is 0.542. The predicted molar refractivity (Wildman–Crippen MR) is 103 cm³/mol. The summed E-state index contributed by atoms with van der Waals surface area (Å²) in [4.78, 5) is 35.6. The number of aromatic nitrogens is 3. The molecule has 0 atom stereocenters. The number of fused-ring (bicyclic) bond motifs is 1. The SMILES string of the molecule is O=C(Nc1nc2ccc(F)cc2s1)c1cnc(-c2ccc(Cl)cc2)[nH]c1=O. The highest BCUT2D eigenvalue weighted by Crippen LogP contribution is 2.26. The van der Waals surface area contributed by atoms with Gasteiger partial charge in [-0.1, -0.05) is 22.9 Å². The van der Waals surface area contributed by atoms with Crippen LogP contribution in [0.3, 0.4) is 0 Å². The molecule has 0 fully saturated rings. The van der Waals surface area contributed by atoms with E-state index in [0.29, 0.717) is 26.6 Å². The number of thiazole rings is 1. The second-order valence-corrected chi connectivity index (χ2v) is 7.03. The minimum absolute atomic E-state index is 0.154. The van der Waals surface area contributed by atoms with Gasteiger partial charge in [-0.15, -0.1) is 0 Å². The molecule has 2 N–H and O–H groups in total. The van der Waals surface area contributed by atoms with Gasteiger partial charge < -0.3 is 4.98 Å². The lowest BCUT2D eigenvalue weighted by Gasteiger charge is -2.03. The summed E-state index contributed by atoms with van der Waals surface area (Å²) in [5, 5.41) is 3.37. The molecule has 0 aliphatic rings. The summed E-state index contributed by atoms with van der Waals surface area (Å²) in [6.07, 6.45) is 1.20. The molecule has 0 saturated heterocycles. The molecule has 4 aromatic rings. The molecule has 2 heterocycles. The van der Waals surface area contributed by atoms with E-state index in [-0.39, 0.29) is 16.5 Å². The monoisotopic (exact) mass is 400 g/mol. The highest BCUT2D eigenvalue weighted by molar-refractivity contribution is 7.22. The molecule has 0 unspecified atom stereocenters. The first kappa shape index (κ1) is 17.3. The molecular weight excluding hydrogens is 391 g/mol. The van der Waals surface area contributed by atoms with Crippen LogP contribution in [0.5, 0.6) is 0 Å². The lowest BCUT2D eigenvalue weighted by molar-refractivity contribution is 0.102. The number of benzene rings is 2. The Labute approximate surface area is 160 Å². The van der Waals surface area contributed by atoms with E-state index in [4.69, 9.17) is 11.6 Å². The minimum atomic E-state index is -0.647. The molecule has 134 valence electrons. The van der Waals surface area contributed by atoms with E-state index in [0.717, 1.165) is 11.3 Å². The molecule has 1 amide bonds. The van der Waals surface area contributed by atoms with Gasteiger partial charge in [0.15, 0.2) is 5.13 Å². The summed E-state index contributed by atoms with van der Waals surface area (Å²) in [7, 11) is 0. The first-order valence-electron chi connectivity index (χ1n) is 7.72. The van der Waals surface area contributed by atoms with Crippen molar-refractivity contribution >= 4 is 44.2 Å². The number of amides is 1. The summed E-state index contributed by atoms with van der Waals surface area (Å²) in [5.74, 6) is -0.711. The largest absolute Gasteiger partial charge is 0.306 e. The zero-order valence-corrected chi connectivity index (χ0v) is 15.1. The van der Waals surface area contributed by atoms with Crippen LogP contribution in [0.25, 0.3) is 21.6 Å². The first-order chi connectivity index (χ1) is 13.0. The number of anilines is 1. The van der Waals surface area contributed by atoms with Crippen molar-refractivity contribution in [3.63, 3.8) is 0 Å². The zero-order chi connectivity index (χ0) is 19.0. The van der Waals surface area contributed by atoms with Crippen LogP contribution < -0.4 is 10.9 Å². The topological polar surface area (TPSA) is 87.7 Å². The fourth-order valence-corrected chi connectivity index (χ4v) is 3.44.